The molecule has 6 nitrogen and oxygen atoms in total. The third-order valence-corrected chi connectivity index (χ3v) is 4.45. The van der Waals surface area contributed by atoms with Crippen LogP contribution >= 0.6 is 11.6 Å². The van der Waals surface area contributed by atoms with Crippen LogP contribution in [0.15, 0.2) is 48.5 Å². The number of aliphatic hydroxyl groups is 1. The molecule has 0 saturated carbocycles. The first kappa shape index (κ1) is 20.8. The van der Waals surface area contributed by atoms with Crippen LogP contribution in [0.2, 0.25) is 5.02 Å². The lowest BCUT2D eigenvalue weighted by molar-refractivity contribution is -0.139. The molecule has 10 heteroatoms. The third-order valence-electron chi connectivity index (χ3n) is 4.13. The number of para-hydroxylation sites is 1. The van der Waals surface area contributed by atoms with Gasteiger partial charge < -0.3 is 10.4 Å². The summed E-state index contributed by atoms with van der Waals surface area (Å²) >= 11 is 6.13. The number of benzene rings is 2. The molecular weight excluding hydrogens is 409 g/mol. The van der Waals surface area contributed by atoms with Crippen molar-refractivity contribution in [2.45, 2.75) is 19.2 Å². The molecule has 3 aromatic rings. The minimum atomic E-state index is -4.62. The number of carbonyl (C=O) groups excluding carboxylic acids is 1. The smallest absolute Gasteiger partial charge is 0.387 e. The molecule has 29 heavy (non-hydrogen) atoms. The van der Waals surface area contributed by atoms with Crippen LogP contribution in [0.1, 0.15) is 33.7 Å². The number of nitrogens with zero attached hydrogens (tertiary/aromatic N) is 3. The lowest BCUT2D eigenvalue weighted by Crippen LogP contribution is -2.30. The summed E-state index contributed by atoms with van der Waals surface area (Å²) in [7, 11) is 0. The van der Waals surface area contributed by atoms with Crippen LogP contribution in [0.25, 0.3) is 5.69 Å². The third kappa shape index (κ3) is 4.57. The summed E-state index contributed by atoms with van der Waals surface area (Å²) in [6, 6.07) is 11.5. The second kappa shape index (κ2) is 8.22. The van der Waals surface area contributed by atoms with Gasteiger partial charge in [-0.25, -0.2) is 9.67 Å². The van der Waals surface area contributed by atoms with Crippen molar-refractivity contribution in [2.24, 2.45) is 0 Å². The number of amides is 1. The highest BCUT2D eigenvalue weighted by Gasteiger charge is 2.34. The molecule has 0 radical (unpaired) electrons. The van der Waals surface area contributed by atoms with Crippen LogP contribution in [0, 0.1) is 6.92 Å². The van der Waals surface area contributed by atoms with Gasteiger partial charge in [0.25, 0.3) is 5.91 Å². The van der Waals surface area contributed by atoms with Gasteiger partial charge in [-0.3, -0.25) is 4.79 Å². The summed E-state index contributed by atoms with van der Waals surface area (Å²) in [5, 5.41) is 17.0. The molecule has 0 spiro atoms. The summed E-state index contributed by atoms with van der Waals surface area (Å²) in [4.78, 5) is 16.4. The highest BCUT2D eigenvalue weighted by atomic mass is 35.5. The highest BCUT2D eigenvalue weighted by Crippen LogP contribution is 2.34. The fourth-order valence-electron chi connectivity index (χ4n) is 2.76. The summed E-state index contributed by atoms with van der Waals surface area (Å²) in [5.41, 5.74) is -0.762. The predicted molar refractivity (Wildman–Crippen MR) is 99.8 cm³/mol. The Bertz CT molecular complexity index is 1040. The normalized spacial score (nSPS) is 12.6. The summed E-state index contributed by atoms with van der Waals surface area (Å²) in [5.74, 6) is -0.535. The molecule has 1 unspecified atom stereocenters. The van der Waals surface area contributed by atoms with Crippen molar-refractivity contribution in [1.82, 2.24) is 20.1 Å². The predicted octanol–water partition coefficient (Wildman–Crippen LogP) is 3.71. The molecule has 1 amide bonds. The number of alkyl halides is 3. The van der Waals surface area contributed by atoms with E-state index >= 15 is 0 Å². The van der Waals surface area contributed by atoms with Gasteiger partial charge in [-0.05, 0) is 30.7 Å². The van der Waals surface area contributed by atoms with E-state index in [0.717, 1.165) is 12.1 Å². The molecule has 0 fully saturated rings. The summed E-state index contributed by atoms with van der Waals surface area (Å²) < 4.78 is 40.6. The van der Waals surface area contributed by atoms with Crippen LogP contribution in [-0.2, 0) is 6.18 Å². The van der Waals surface area contributed by atoms with E-state index in [-0.39, 0.29) is 11.4 Å². The Balaban J connectivity index is 1.74. The van der Waals surface area contributed by atoms with Crippen LogP contribution in [-0.4, -0.2) is 32.3 Å². The van der Waals surface area contributed by atoms with Crippen LogP contribution < -0.4 is 5.32 Å². The van der Waals surface area contributed by atoms with Crippen molar-refractivity contribution >= 4 is 17.5 Å². The van der Waals surface area contributed by atoms with E-state index in [4.69, 9.17) is 11.6 Å². The Morgan fingerprint density at radius 1 is 1.21 bits per heavy atom. The van der Waals surface area contributed by atoms with E-state index in [9.17, 15) is 23.1 Å². The molecule has 0 saturated heterocycles. The Labute approximate surface area is 169 Å². The first-order valence-corrected chi connectivity index (χ1v) is 8.87. The van der Waals surface area contributed by atoms with E-state index in [1.54, 1.807) is 31.2 Å². The SMILES string of the molecule is Cc1nc(C(=O)NCC(O)c2ccccc2C(F)(F)F)nn1-c1ccccc1Cl. The van der Waals surface area contributed by atoms with Crippen molar-refractivity contribution in [3.8, 4) is 5.69 Å². The van der Waals surface area contributed by atoms with Crippen molar-refractivity contribution in [3.05, 3.63) is 76.3 Å². The van der Waals surface area contributed by atoms with Crippen molar-refractivity contribution in [2.75, 3.05) is 6.54 Å². The molecule has 0 aliphatic heterocycles. The Morgan fingerprint density at radius 2 is 1.86 bits per heavy atom. The van der Waals surface area contributed by atoms with E-state index < -0.39 is 30.3 Å². The van der Waals surface area contributed by atoms with Crippen LogP contribution in [0.3, 0.4) is 0 Å². The van der Waals surface area contributed by atoms with Crippen molar-refractivity contribution < 1.29 is 23.1 Å². The fourth-order valence-corrected chi connectivity index (χ4v) is 2.98. The summed E-state index contributed by atoms with van der Waals surface area (Å²) in [6.07, 6.45) is -6.17. The number of nitrogens with one attached hydrogen (secondary N) is 1. The number of hydrogen-bond donors (Lipinski definition) is 2. The number of carbonyl (C=O) groups is 1. The molecule has 152 valence electrons. The number of aryl methyl sites for hydroxylation is 1. The Morgan fingerprint density at radius 3 is 2.55 bits per heavy atom. The monoisotopic (exact) mass is 424 g/mol. The standard InChI is InChI=1S/C19H16ClF3N4O2/c1-11-25-17(26-27(11)15-9-5-4-8-14(15)20)18(29)24-10-16(28)12-6-2-3-7-13(12)19(21,22)23/h2-9,16,28H,10H2,1H3,(H,24,29). The first-order valence-electron chi connectivity index (χ1n) is 8.49. The number of halogens is 4. The van der Waals surface area contributed by atoms with Crippen molar-refractivity contribution in [3.63, 3.8) is 0 Å². The topological polar surface area (TPSA) is 80.0 Å². The quantitative estimate of drug-likeness (QED) is 0.654. The number of aliphatic hydroxyl groups excluding tert-OH is 1. The number of aromatic nitrogens is 3. The molecule has 0 aliphatic carbocycles. The van der Waals surface area contributed by atoms with E-state index in [1.165, 1.54) is 16.8 Å². The molecule has 2 N–H and O–H groups in total. The van der Waals surface area contributed by atoms with Crippen molar-refractivity contribution in [1.29, 1.82) is 0 Å². The minimum absolute atomic E-state index is 0.196. The van der Waals surface area contributed by atoms with Gasteiger partial charge in [0.15, 0.2) is 0 Å². The van der Waals surface area contributed by atoms with Crippen LogP contribution in [0.5, 0.6) is 0 Å². The van der Waals surface area contributed by atoms with E-state index in [1.807, 2.05) is 0 Å². The second-order valence-corrected chi connectivity index (χ2v) is 6.56. The molecule has 0 aliphatic rings. The lowest BCUT2D eigenvalue weighted by atomic mass is 10.0. The van der Waals surface area contributed by atoms with Crippen LogP contribution in [0.4, 0.5) is 13.2 Å². The summed E-state index contributed by atoms with van der Waals surface area (Å²) in [6.45, 7) is 1.19. The molecule has 3 rings (SSSR count). The zero-order chi connectivity index (χ0) is 21.2. The van der Waals surface area contributed by atoms with Gasteiger partial charge in [0, 0.05) is 6.54 Å². The molecule has 1 atom stereocenters. The van der Waals surface area contributed by atoms with E-state index in [2.05, 4.69) is 15.4 Å². The van der Waals surface area contributed by atoms with Gasteiger partial charge in [0.2, 0.25) is 5.82 Å². The van der Waals surface area contributed by atoms with Gasteiger partial charge in [-0.15, -0.1) is 5.10 Å². The van der Waals surface area contributed by atoms with E-state index in [0.29, 0.717) is 16.5 Å². The second-order valence-electron chi connectivity index (χ2n) is 6.16. The lowest BCUT2D eigenvalue weighted by Gasteiger charge is -2.17. The maximum atomic E-state index is 13.1. The Hall–Kier alpha value is -2.91. The molecule has 1 heterocycles. The zero-order valence-electron chi connectivity index (χ0n) is 15.1. The van der Waals surface area contributed by atoms with Gasteiger partial charge >= 0.3 is 6.18 Å². The highest BCUT2D eigenvalue weighted by molar-refractivity contribution is 6.32. The van der Waals surface area contributed by atoms with Gasteiger partial charge in [-0.1, -0.05) is 41.9 Å². The Kier molecular flexibility index (Phi) is 5.90. The fraction of sp³-hybridized carbons (Fsp3) is 0.211. The molecular formula is C19H16ClF3N4O2. The van der Waals surface area contributed by atoms with Gasteiger partial charge in [-0.2, -0.15) is 13.2 Å². The number of rotatable bonds is 5. The maximum Gasteiger partial charge on any atom is 0.416 e. The largest absolute Gasteiger partial charge is 0.416 e. The average Bonchev–Trinajstić information content (AvgIpc) is 3.07. The zero-order valence-corrected chi connectivity index (χ0v) is 15.9. The van der Waals surface area contributed by atoms with Gasteiger partial charge in [0.05, 0.1) is 22.4 Å². The van der Waals surface area contributed by atoms with Gasteiger partial charge in [0.1, 0.15) is 5.82 Å². The number of hydrogen-bond acceptors (Lipinski definition) is 4. The molecule has 0 bridgehead atoms. The first-order chi connectivity index (χ1) is 13.7. The molecule has 1 aromatic heterocycles. The molecule has 2 aromatic carbocycles. The average molecular weight is 425 g/mol. The minimum Gasteiger partial charge on any atom is -0.387 e. The maximum absolute atomic E-state index is 13.1.